The van der Waals surface area contributed by atoms with E-state index in [1.165, 1.54) is 10.9 Å². The second kappa shape index (κ2) is 4.84. The Morgan fingerprint density at radius 2 is 2.00 bits per heavy atom. The number of nitrogens with one attached hydrogen (secondary N) is 2. The molecule has 0 unspecified atom stereocenters. The Bertz CT molecular complexity index is 942. The van der Waals surface area contributed by atoms with Crippen molar-refractivity contribution in [2.24, 2.45) is 0 Å². The number of pyridine rings is 1. The fraction of sp³-hybridized carbons (Fsp3) is 0.222. The van der Waals surface area contributed by atoms with E-state index in [4.69, 9.17) is 5.73 Å². The number of aryl methyl sites for hydroxylation is 2. The van der Waals surface area contributed by atoms with E-state index in [0.29, 0.717) is 18.1 Å². The number of hydrogen-bond donors (Lipinski definition) is 3. The molecule has 4 rings (SSSR count). The van der Waals surface area contributed by atoms with Gasteiger partial charge in [0.05, 0.1) is 0 Å². The molecule has 2 aromatic heterocycles. The van der Waals surface area contributed by atoms with Crippen LogP contribution in [0, 0.1) is 13.8 Å². The smallest absolute Gasteiger partial charge is 0.226 e. The molecule has 116 valence electrons. The lowest BCUT2D eigenvalue weighted by atomic mass is 9.85. The SMILES string of the molecule is Cc1[nH]c2c([C@H]3CC(=O)Nc4nc(N)ccc43)cccc2c1C. The predicted octanol–water partition coefficient (Wildman–Crippen LogP) is 3.24. The third-order valence-electron chi connectivity index (χ3n) is 4.72. The van der Waals surface area contributed by atoms with Gasteiger partial charge in [-0.05, 0) is 31.0 Å². The van der Waals surface area contributed by atoms with Crippen molar-refractivity contribution >= 4 is 28.4 Å². The molecule has 0 saturated carbocycles. The zero-order chi connectivity index (χ0) is 16.1. The summed E-state index contributed by atoms with van der Waals surface area (Å²) in [4.78, 5) is 19.9. The number of nitrogens with two attached hydrogens (primary N) is 1. The highest BCUT2D eigenvalue weighted by atomic mass is 16.1. The minimum absolute atomic E-state index is 0.0204. The van der Waals surface area contributed by atoms with Gasteiger partial charge < -0.3 is 16.0 Å². The van der Waals surface area contributed by atoms with Crippen LogP contribution in [0.25, 0.3) is 10.9 Å². The van der Waals surface area contributed by atoms with Crippen LogP contribution in [-0.4, -0.2) is 15.9 Å². The van der Waals surface area contributed by atoms with E-state index in [9.17, 15) is 4.79 Å². The van der Waals surface area contributed by atoms with Crippen molar-refractivity contribution in [2.75, 3.05) is 11.1 Å². The quantitative estimate of drug-likeness (QED) is 0.645. The molecule has 5 heteroatoms. The molecule has 1 aliphatic heterocycles. The number of nitrogen functional groups attached to an aromatic ring is 1. The Labute approximate surface area is 133 Å². The highest BCUT2D eigenvalue weighted by Gasteiger charge is 2.29. The number of aromatic amines is 1. The molecular formula is C18H18N4O. The molecule has 0 radical (unpaired) electrons. The molecule has 0 bridgehead atoms. The average Bonchev–Trinajstić information content (AvgIpc) is 2.81. The van der Waals surface area contributed by atoms with Gasteiger partial charge in [0.25, 0.3) is 0 Å². The third kappa shape index (κ3) is 2.08. The van der Waals surface area contributed by atoms with Crippen LogP contribution in [-0.2, 0) is 4.79 Å². The fourth-order valence-electron chi connectivity index (χ4n) is 3.42. The standard InChI is InChI=1S/C18H18N4O/c1-9-10(2)20-17-11(9)4-3-5-12(17)14-8-16(23)22-18-13(14)6-7-15(19)21-18/h3-7,14,20H,8H2,1-2H3,(H3,19,21,22,23)/t14-/m1/s1. The minimum Gasteiger partial charge on any atom is -0.384 e. The van der Waals surface area contributed by atoms with Crippen molar-refractivity contribution in [2.45, 2.75) is 26.2 Å². The summed E-state index contributed by atoms with van der Waals surface area (Å²) in [5.41, 5.74) is 11.4. The van der Waals surface area contributed by atoms with Crippen LogP contribution in [0.15, 0.2) is 30.3 Å². The molecule has 0 aliphatic carbocycles. The lowest BCUT2D eigenvalue weighted by molar-refractivity contribution is -0.116. The molecule has 3 heterocycles. The number of rotatable bonds is 1. The third-order valence-corrected chi connectivity index (χ3v) is 4.72. The van der Waals surface area contributed by atoms with Gasteiger partial charge in [0.1, 0.15) is 11.6 Å². The topological polar surface area (TPSA) is 83.8 Å². The maximum absolute atomic E-state index is 12.1. The Morgan fingerprint density at radius 3 is 2.83 bits per heavy atom. The van der Waals surface area contributed by atoms with Crippen molar-refractivity contribution in [3.05, 3.63) is 52.7 Å². The number of H-pyrrole nitrogens is 1. The fourth-order valence-corrected chi connectivity index (χ4v) is 3.42. The highest BCUT2D eigenvalue weighted by Crippen LogP contribution is 2.39. The number of fused-ring (bicyclic) bond motifs is 2. The molecule has 1 atom stereocenters. The van der Waals surface area contributed by atoms with Crippen LogP contribution < -0.4 is 11.1 Å². The lowest BCUT2D eigenvalue weighted by Crippen LogP contribution is -2.24. The van der Waals surface area contributed by atoms with Gasteiger partial charge in [0, 0.05) is 34.5 Å². The average molecular weight is 306 g/mol. The Hall–Kier alpha value is -2.82. The predicted molar refractivity (Wildman–Crippen MR) is 91.5 cm³/mol. The summed E-state index contributed by atoms with van der Waals surface area (Å²) < 4.78 is 0. The van der Waals surface area contributed by atoms with Gasteiger partial charge in [-0.15, -0.1) is 0 Å². The Balaban J connectivity index is 1.95. The van der Waals surface area contributed by atoms with Crippen molar-refractivity contribution in [1.82, 2.24) is 9.97 Å². The van der Waals surface area contributed by atoms with Crippen molar-refractivity contribution in [3.8, 4) is 0 Å². The van der Waals surface area contributed by atoms with Crippen LogP contribution in [0.1, 0.15) is 34.7 Å². The monoisotopic (exact) mass is 306 g/mol. The van der Waals surface area contributed by atoms with E-state index in [1.54, 1.807) is 6.07 Å². The van der Waals surface area contributed by atoms with Gasteiger partial charge in [-0.2, -0.15) is 0 Å². The molecule has 0 fully saturated rings. The second-order valence-electron chi connectivity index (χ2n) is 6.12. The molecule has 0 spiro atoms. The normalized spacial score (nSPS) is 17.1. The number of carbonyl (C=O) groups is 1. The summed E-state index contributed by atoms with van der Waals surface area (Å²) in [6.45, 7) is 4.19. The first-order valence-corrected chi connectivity index (χ1v) is 7.68. The molecular weight excluding hydrogens is 288 g/mol. The van der Waals surface area contributed by atoms with Crippen LogP contribution in [0.5, 0.6) is 0 Å². The summed E-state index contributed by atoms with van der Waals surface area (Å²) >= 11 is 0. The molecule has 1 amide bonds. The first-order chi connectivity index (χ1) is 11.0. The molecule has 23 heavy (non-hydrogen) atoms. The Morgan fingerprint density at radius 1 is 1.17 bits per heavy atom. The largest absolute Gasteiger partial charge is 0.384 e. The summed E-state index contributed by atoms with van der Waals surface area (Å²) in [5.74, 6) is 0.934. The highest BCUT2D eigenvalue weighted by molar-refractivity contribution is 5.96. The number of carbonyl (C=O) groups excluding carboxylic acids is 1. The van der Waals surface area contributed by atoms with Gasteiger partial charge in [0.15, 0.2) is 0 Å². The maximum atomic E-state index is 12.1. The van der Waals surface area contributed by atoms with E-state index in [0.717, 1.165) is 22.3 Å². The van der Waals surface area contributed by atoms with E-state index in [2.05, 4.69) is 47.3 Å². The number of benzene rings is 1. The van der Waals surface area contributed by atoms with Gasteiger partial charge >= 0.3 is 0 Å². The van der Waals surface area contributed by atoms with E-state index < -0.39 is 0 Å². The van der Waals surface area contributed by atoms with Gasteiger partial charge in [0.2, 0.25) is 5.91 Å². The van der Waals surface area contributed by atoms with Crippen molar-refractivity contribution in [1.29, 1.82) is 0 Å². The summed E-state index contributed by atoms with van der Waals surface area (Å²) in [6.07, 6.45) is 0.412. The van der Waals surface area contributed by atoms with Crippen LogP contribution in [0.3, 0.4) is 0 Å². The number of amides is 1. The van der Waals surface area contributed by atoms with Crippen LogP contribution in [0.4, 0.5) is 11.6 Å². The van der Waals surface area contributed by atoms with Crippen molar-refractivity contribution in [3.63, 3.8) is 0 Å². The zero-order valence-electron chi connectivity index (χ0n) is 13.1. The molecule has 1 aliphatic rings. The Kier molecular flexibility index (Phi) is 2.91. The molecule has 1 aromatic carbocycles. The number of para-hydroxylation sites is 1. The zero-order valence-corrected chi connectivity index (χ0v) is 13.1. The first-order valence-electron chi connectivity index (χ1n) is 7.68. The van der Waals surface area contributed by atoms with E-state index >= 15 is 0 Å². The molecule has 3 aromatic rings. The number of hydrogen-bond acceptors (Lipinski definition) is 3. The second-order valence-corrected chi connectivity index (χ2v) is 6.12. The first kappa shape index (κ1) is 13.8. The van der Waals surface area contributed by atoms with Crippen LogP contribution >= 0.6 is 0 Å². The van der Waals surface area contributed by atoms with E-state index in [-0.39, 0.29) is 11.8 Å². The summed E-state index contributed by atoms with van der Waals surface area (Å²) in [5, 5.41) is 4.03. The summed E-state index contributed by atoms with van der Waals surface area (Å²) in [7, 11) is 0. The number of aromatic nitrogens is 2. The molecule has 4 N–H and O–H groups in total. The van der Waals surface area contributed by atoms with Crippen molar-refractivity contribution < 1.29 is 4.79 Å². The van der Waals surface area contributed by atoms with Gasteiger partial charge in [-0.3, -0.25) is 4.79 Å². The van der Waals surface area contributed by atoms with Gasteiger partial charge in [-0.25, -0.2) is 4.98 Å². The molecule has 0 saturated heterocycles. The van der Waals surface area contributed by atoms with Crippen LogP contribution in [0.2, 0.25) is 0 Å². The summed E-state index contributed by atoms with van der Waals surface area (Å²) in [6, 6.07) is 10.00. The maximum Gasteiger partial charge on any atom is 0.226 e. The minimum atomic E-state index is -0.0300. The lowest BCUT2D eigenvalue weighted by Gasteiger charge is -2.25. The van der Waals surface area contributed by atoms with E-state index in [1.807, 2.05) is 6.07 Å². The van der Waals surface area contributed by atoms with Gasteiger partial charge in [-0.1, -0.05) is 24.3 Å². The molecule has 5 nitrogen and oxygen atoms in total. The number of nitrogens with zero attached hydrogens (tertiary/aromatic N) is 1. The number of anilines is 2.